The molecule has 1 saturated carbocycles. The van der Waals surface area contributed by atoms with E-state index in [1.165, 1.54) is 6.07 Å². The van der Waals surface area contributed by atoms with Crippen LogP contribution in [0, 0.1) is 23.0 Å². The Kier molecular flexibility index (Phi) is 3.69. The highest BCUT2D eigenvalue weighted by atomic mass is 16.6. The number of anilines is 1. The number of rotatable bonds is 6. The Morgan fingerprint density at radius 3 is 2.79 bits per heavy atom. The molecule has 2 N–H and O–H groups in total. The second kappa shape index (κ2) is 5.26. The van der Waals surface area contributed by atoms with E-state index in [0.29, 0.717) is 11.6 Å². The van der Waals surface area contributed by atoms with Gasteiger partial charge in [-0.1, -0.05) is 12.1 Å². The van der Waals surface area contributed by atoms with E-state index in [0.717, 1.165) is 18.4 Å². The molecule has 1 aliphatic carbocycles. The molecule has 1 unspecified atom stereocenters. The van der Waals surface area contributed by atoms with Gasteiger partial charge in [0.25, 0.3) is 5.69 Å². The lowest BCUT2D eigenvalue weighted by Gasteiger charge is -2.19. The van der Waals surface area contributed by atoms with Crippen molar-refractivity contribution in [2.75, 3.05) is 5.32 Å². The average molecular weight is 264 g/mol. The summed E-state index contributed by atoms with van der Waals surface area (Å²) in [6, 6.07) is 4.60. The number of para-hydroxylation sites is 1. The third kappa shape index (κ3) is 3.21. The number of nitrogens with zero attached hydrogens (tertiary/aromatic N) is 1. The molecule has 6 heteroatoms. The first-order chi connectivity index (χ1) is 8.99. The van der Waals surface area contributed by atoms with Crippen LogP contribution in [0.1, 0.15) is 24.8 Å². The van der Waals surface area contributed by atoms with Gasteiger partial charge in [0, 0.05) is 12.1 Å². The molecule has 102 valence electrons. The van der Waals surface area contributed by atoms with Gasteiger partial charge < -0.3 is 10.4 Å². The Balaban J connectivity index is 2.25. The molecule has 0 aromatic heterocycles. The highest BCUT2D eigenvalue weighted by molar-refractivity contribution is 5.71. The molecule has 1 aromatic carbocycles. The highest BCUT2D eigenvalue weighted by Gasteiger charge is 2.34. The van der Waals surface area contributed by atoms with Gasteiger partial charge >= 0.3 is 5.97 Å². The van der Waals surface area contributed by atoms with E-state index in [9.17, 15) is 14.9 Å². The largest absolute Gasteiger partial charge is 0.481 e. The molecule has 2 rings (SSSR count). The fourth-order valence-electron chi connectivity index (χ4n) is 2.20. The van der Waals surface area contributed by atoms with Crippen molar-refractivity contribution < 1.29 is 14.8 Å². The summed E-state index contributed by atoms with van der Waals surface area (Å²) in [5.41, 5.74) is 1.19. The van der Waals surface area contributed by atoms with E-state index >= 15 is 0 Å². The summed E-state index contributed by atoms with van der Waals surface area (Å²) in [6.07, 6.45) is 1.94. The number of aliphatic carboxylic acids is 1. The molecule has 1 fully saturated rings. The van der Waals surface area contributed by atoms with Crippen LogP contribution >= 0.6 is 0 Å². The first-order valence-corrected chi connectivity index (χ1v) is 6.21. The Morgan fingerprint density at radius 1 is 1.58 bits per heavy atom. The van der Waals surface area contributed by atoms with E-state index in [1.54, 1.807) is 19.1 Å². The van der Waals surface area contributed by atoms with Gasteiger partial charge in [-0.15, -0.1) is 0 Å². The van der Waals surface area contributed by atoms with Crippen LogP contribution in [0.2, 0.25) is 0 Å². The summed E-state index contributed by atoms with van der Waals surface area (Å²) in [5.74, 6) is -0.587. The Bertz CT molecular complexity index is 511. The molecule has 1 aliphatic rings. The lowest BCUT2D eigenvalue weighted by Crippen LogP contribution is -2.26. The number of nitro benzene ring substituents is 1. The number of carboxylic acids is 1. The van der Waals surface area contributed by atoms with Crippen LogP contribution in [-0.2, 0) is 4.79 Å². The molecular formula is C13H16N2O4. The number of nitrogens with one attached hydrogen (secondary N) is 1. The maximum atomic E-state index is 11.0. The van der Waals surface area contributed by atoms with Crippen LogP contribution in [0.15, 0.2) is 18.2 Å². The number of benzene rings is 1. The zero-order chi connectivity index (χ0) is 14.0. The lowest BCUT2D eigenvalue weighted by atomic mass is 10.1. The van der Waals surface area contributed by atoms with Gasteiger partial charge in [-0.05, 0) is 31.2 Å². The summed E-state index contributed by atoms with van der Waals surface area (Å²) in [6.45, 7) is 1.78. The summed E-state index contributed by atoms with van der Waals surface area (Å²) in [7, 11) is 0. The van der Waals surface area contributed by atoms with Crippen LogP contribution in [0.3, 0.4) is 0 Å². The first-order valence-electron chi connectivity index (χ1n) is 6.21. The molecule has 6 nitrogen and oxygen atoms in total. The van der Waals surface area contributed by atoms with Crippen molar-refractivity contribution in [3.63, 3.8) is 0 Å². The van der Waals surface area contributed by atoms with Crippen LogP contribution in [0.25, 0.3) is 0 Å². The predicted octanol–water partition coefficient (Wildman–Crippen LogP) is 2.57. The average Bonchev–Trinajstić information content (AvgIpc) is 3.13. The minimum atomic E-state index is -0.888. The van der Waals surface area contributed by atoms with Crippen molar-refractivity contribution >= 4 is 17.3 Å². The van der Waals surface area contributed by atoms with Crippen LogP contribution in [0.4, 0.5) is 11.4 Å². The normalized spacial score (nSPS) is 15.8. The second-order valence-corrected chi connectivity index (χ2v) is 4.91. The summed E-state index contributed by atoms with van der Waals surface area (Å²) in [4.78, 5) is 21.4. The number of nitro groups is 1. The minimum Gasteiger partial charge on any atom is -0.481 e. The fraction of sp³-hybridized carbons (Fsp3) is 0.462. The quantitative estimate of drug-likeness (QED) is 0.608. The zero-order valence-corrected chi connectivity index (χ0v) is 10.6. The van der Waals surface area contributed by atoms with E-state index in [1.807, 2.05) is 0 Å². The minimum absolute atomic E-state index is 0.00367. The monoisotopic (exact) mass is 264 g/mol. The second-order valence-electron chi connectivity index (χ2n) is 4.91. The van der Waals surface area contributed by atoms with Crippen molar-refractivity contribution in [1.29, 1.82) is 0 Å². The van der Waals surface area contributed by atoms with Gasteiger partial charge in [-0.2, -0.15) is 0 Å². The summed E-state index contributed by atoms with van der Waals surface area (Å²) < 4.78 is 0. The van der Waals surface area contributed by atoms with Gasteiger partial charge in [0.05, 0.1) is 11.3 Å². The predicted molar refractivity (Wildman–Crippen MR) is 70.2 cm³/mol. The molecule has 0 amide bonds. The van der Waals surface area contributed by atoms with Gasteiger partial charge in [-0.25, -0.2) is 0 Å². The molecule has 0 aliphatic heterocycles. The van der Waals surface area contributed by atoms with Crippen LogP contribution < -0.4 is 5.32 Å². The lowest BCUT2D eigenvalue weighted by molar-refractivity contribution is -0.384. The number of hydrogen-bond donors (Lipinski definition) is 2. The van der Waals surface area contributed by atoms with Crippen molar-refractivity contribution in [2.24, 2.45) is 5.92 Å². The molecule has 0 radical (unpaired) electrons. The molecule has 0 saturated heterocycles. The van der Waals surface area contributed by atoms with Crippen molar-refractivity contribution in [3.8, 4) is 0 Å². The number of carbonyl (C=O) groups is 1. The maximum absolute atomic E-state index is 11.0. The third-order valence-corrected chi connectivity index (χ3v) is 3.36. The van der Waals surface area contributed by atoms with Crippen molar-refractivity contribution in [1.82, 2.24) is 0 Å². The van der Waals surface area contributed by atoms with E-state index in [-0.39, 0.29) is 18.2 Å². The number of aryl methyl sites for hydroxylation is 1. The summed E-state index contributed by atoms with van der Waals surface area (Å²) in [5, 5.41) is 23.0. The van der Waals surface area contributed by atoms with E-state index in [2.05, 4.69) is 5.32 Å². The Morgan fingerprint density at radius 2 is 2.26 bits per heavy atom. The number of carboxylic acid groups (broad SMARTS) is 1. The van der Waals surface area contributed by atoms with Crippen molar-refractivity contribution in [3.05, 3.63) is 33.9 Å². The third-order valence-electron chi connectivity index (χ3n) is 3.36. The Labute approximate surface area is 110 Å². The molecule has 19 heavy (non-hydrogen) atoms. The molecule has 0 bridgehead atoms. The number of hydrogen-bond acceptors (Lipinski definition) is 4. The maximum Gasteiger partial charge on any atom is 0.305 e. The van der Waals surface area contributed by atoms with Gasteiger partial charge in [0.15, 0.2) is 0 Å². The smallest absolute Gasteiger partial charge is 0.305 e. The zero-order valence-electron chi connectivity index (χ0n) is 10.6. The molecule has 0 heterocycles. The molecule has 1 atom stereocenters. The first kappa shape index (κ1) is 13.3. The van der Waals surface area contributed by atoms with Gasteiger partial charge in [0.1, 0.15) is 5.69 Å². The van der Waals surface area contributed by atoms with Gasteiger partial charge in [-0.3, -0.25) is 14.9 Å². The highest BCUT2D eigenvalue weighted by Crippen LogP contribution is 2.38. The SMILES string of the molecule is Cc1cccc([N+](=O)[O-])c1NC(CC(=O)O)C1CC1. The summed E-state index contributed by atoms with van der Waals surface area (Å²) >= 11 is 0. The van der Waals surface area contributed by atoms with Gasteiger partial charge in [0.2, 0.25) is 0 Å². The molecule has 1 aromatic rings. The van der Waals surface area contributed by atoms with E-state index in [4.69, 9.17) is 5.11 Å². The van der Waals surface area contributed by atoms with Crippen LogP contribution in [0.5, 0.6) is 0 Å². The topological polar surface area (TPSA) is 92.5 Å². The van der Waals surface area contributed by atoms with Crippen LogP contribution in [-0.4, -0.2) is 22.0 Å². The van der Waals surface area contributed by atoms with E-state index < -0.39 is 10.9 Å². The van der Waals surface area contributed by atoms with Crippen molar-refractivity contribution in [2.45, 2.75) is 32.2 Å². The molecule has 0 spiro atoms. The molecular weight excluding hydrogens is 248 g/mol. The fourth-order valence-corrected chi connectivity index (χ4v) is 2.20. The Hall–Kier alpha value is -2.11. The standard InChI is InChI=1S/C13H16N2O4/c1-8-3-2-4-11(15(18)19)13(8)14-10(7-12(16)17)9-5-6-9/h2-4,9-10,14H,5-7H2,1H3,(H,16,17).